The van der Waals surface area contributed by atoms with Crippen molar-refractivity contribution in [2.24, 2.45) is 5.73 Å². The van der Waals surface area contributed by atoms with Gasteiger partial charge in [0, 0.05) is 13.2 Å². The zero-order chi connectivity index (χ0) is 5.86. The molecule has 0 aromatic heterocycles. The van der Waals surface area contributed by atoms with Gasteiger partial charge in [-0.05, 0) is 13.8 Å². The molecular formula is C5H14ClNO. The molecule has 0 fully saturated rings. The molecule has 3 heteroatoms. The molecule has 0 aliphatic carbocycles. The van der Waals surface area contributed by atoms with Gasteiger partial charge in [-0.15, -0.1) is 12.4 Å². The first-order valence-corrected chi connectivity index (χ1v) is 2.47. The summed E-state index contributed by atoms with van der Waals surface area (Å²) in [7, 11) is 1.66. The zero-order valence-electron chi connectivity index (χ0n) is 5.55. The Balaban J connectivity index is 0. The van der Waals surface area contributed by atoms with E-state index in [9.17, 15) is 0 Å². The first-order chi connectivity index (χ1) is 3.18. The first kappa shape index (κ1) is 11.1. The van der Waals surface area contributed by atoms with Gasteiger partial charge in [0.1, 0.15) is 0 Å². The van der Waals surface area contributed by atoms with Crippen molar-refractivity contribution >= 4 is 12.4 Å². The minimum Gasteiger partial charge on any atom is -0.380 e. The molecule has 0 saturated heterocycles. The Morgan fingerprint density at radius 1 is 1.38 bits per heavy atom. The summed E-state index contributed by atoms with van der Waals surface area (Å²) in [5.41, 5.74) is 5.42. The van der Waals surface area contributed by atoms with E-state index in [1.54, 1.807) is 7.11 Å². The van der Waals surface area contributed by atoms with E-state index in [4.69, 9.17) is 10.5 Å². The minimum atomic E-state index is 0. The van der Waals surface area contributed by atoms with E-state index in [1.807, 2.05) is 13.8 Å². The van der Waals surface area contributed by atoms with Gasteiger partial charge in [-0.3, -0.25) is 0 Å². The smallest absolute Gasteiger partial charge is 0.0691 e. The molecule has 0 spiro atoms. The summed E-state index contributed by atoms with van der Waals surface area (Å²) >= 11 is 0. The van der Waals surface area contributed by atoms with Gasteiger partial charge in [-0.1, -0.05) is 0 Å². The topological polar surface area (TPSA) is 35.2 Å². The van der Waals surface area contributed by atoms with E-state index in [0.717, 1.165) is 0 Å². The quantitative estimate of drug-likeness (QED) is 0.614. The second-order valence-corrected chi connectivity index (χ2v) is 1.80. The molecule has 2 atom stereocenters. The molecule has 0 amide bonds. The maximum atomic E-state index is 5.42. The fraction of sp³-hybridized carbons (Fsp3) is 1.00. The third-order valence-electron chi connectivity index (χ3n) is 1.11. The van der Waals surface area contributed by atoms with Gasteiger partial charge < -0.3 is 10.5 Å². The Morgan fingerprint density at radius 3 is 1.75 bits per heavy atom. The number of ether oxygens (including phenoxy) is 1. The average Bonchev–Trinajstić information content (AvgIpc) is 1.65. The average molecular weight is 140 g/mol. The van der Waals surface area contributed by atoms with E-state index in [2.05, 4.69) is 0 Å². The van der Waals surface area contributed by atoms with Crippen molar-refractivity contribution in [3.8, 4) is 0 Å². The normalized spacial score (nSPS) is 16.5. The van der Waals surface area contributed by atoms with Crippen LogP contribution in [0.4, 0.5) is 0 Å². The van der Waals surface area contributed by atoms with Gasteiger partial charge in [0.2, 0.25) is 0 Å². The van der Waals surface area contributed by atoms with Gasteiger partial charge in [-0.2, -0.15) is 0 Å². The highest BCUT2D eigenvalue weighted by Gasteiger charge is 2.02. The molecule has 0 aromatic rings. The SMILES string of the molecule is CO[C@H](C)[C@H](C)N.Cl. The fourth-order valence-corrected chi connectivity index (χ4v) is 0.215. The van der Waals surface area contributed by atoms with Crippen LogP contribution in [0.25, 0.3) is 0 Å². The van der Waals surface area contributed by atoms with Crippen LogP contribution in [0.1, 0.15) is 13.8 Å². The molecule has 2 N–H and O–H groups in total. The maximum Gasteiger partial charge on any atom is 0.0691 e. The van der Waals surface area contributed by atoms with Crippen LogP contribution in [0.3, 0.4) is 0 Å². The second-order valence-electron chi connectivity index (χ2n) is 1.80. The van der Waals surface area contributed by atoms with E-state index in [1.165, 1.54) is 0 Å². The summed E-state index contributed by atoms with van der Waals surface area (Å²) in [5.74, 6) is 0. The van der Waals surface area contributed by atoms with Gasteiger partial charge in [-0.25, -0.2) is 0 Å². The van der Waals surface area contributed by atoms with Crippen molar-refractivity contribution in [1.82, 2.24) is 0 Å². The summed E-state index contributed by atoms with van der Waals surface area (Å²) in [6.07, 6.45) is 0.181. The van der Waals surface area contributed by atoms with Gasteiger partial charge in [0.15, 0.2) is 0 Å². The van der Waals surface area contributed by atoms with Gasteiger partial charge in [0.05, 0.1) is 6.10 Å². The van der Waals surface area contributed by atoms with E-state index in [0.29, 0.717) is 0 Å². The molecule has 2 nitrogen and oxygen atoms in total. The number of hydrogen-bond acceptors (Lipinski definition) is 2. The number of nitrogens with two attached hydrogens (primary N) is 1. The summed E-state index contributed by atoms with van der Waals surface area (Å²) in [6, 6.07) is 0.144. The molecule has 0 heterocycles. The molecular weight excluding hydrogens is 126 g/mol. The lowest BCUT2D eigenvalue weighted by Crippen LogP contribution is -2.30. The maximum absolute atomic E-state index is 5.42. The highest BCUT2D eigenvalue weighted by atomic mass is 35.5. The summed E-state index contributed by atoms with van der Waals surface area (Å²) in [5, 5.41) is 0. The van der Waals surface area contributed by atoms with Crippen LogP contribution in [0.2, 0.25) is 0 Å². The van der Waals surface area contributed by atoms with Crippen molar-refractivity contribution in [3.05, 3.63) is 0 Å². The van der Waals surface area contributed by atoms with Crippen molar-refractivity contribution in [3.63, 3.8) is 0 Å². The molecule has 0 rings (SSSR count). The minimum absolute atomic E-state index is 0. The van der Waals surface area contributed by atoms with Crippen LogP contribution in [0, 0.1) is 0 Å². The second kappa shape index (κ2) is 5.35. The Labute approximate surface area is 56.8 Å². The Kier molecular flexibility index (Phi) is 7.40. The molecule has 52 valence electrons. The number of hydrogen-bond donors (Lipinski definition) is 1. The van der Waals surface area contributed by atoms with Crippen LogP contribution in [-0.2, 0) is 4.74 Å². The Bertz CT molecular complexity index is 49.7. The standard InChI is InChI=1S/C5H13NO.ClH/c1-4(6)5(2)7-3;/h4-5H,6H2,1-3H3;1H/t4-,5+;/m0./s1. The molecule has 0 aromatic carbocycles. The lowest BCUT2D eigenvalue weighted by Gasteiger charge is -2.11. The monoisotopic (exact) mass is 139 g/mol. The van der Waals surface area contributed by atoms with Crippen molar-refractivity contribution < 1.29 is 4.74 Å². The van der Waals surface area contributed by atoms with Gasteiger partial charge >= 0.3 is 0 Å². The van der Waals surface area contributed by atoms with E-state index in [-0.39, 0.29) is 24.6 Å². The molecule has 0 bridgehead atoms. The third kappa shape index (κ3) is 4.37. The lowest BCUT2D eigenvalue weighted by molar-refractivity contribution is 0.101. The van der Waals surface area contributed by atoms with Crippen LogP contribution < -0.4 is 5.73 Å². The third-order valence-corrected chi connectivity index (χ3v) is 1.11. The first-order valence-electron chi connectivity index (χ1n) is 2.47. The van der Waals surface area contributed by atoms with E-state index >= 15 is 0 Å². The predicted octanol–water partition coefficient (Wildman–Crippen LogP) is 0.790. The zero-order valence-corrected chi connectivity index (χ0v) is 6.37. The summed E-state index contributed by atoms with van der Waals surface area (Å²) in [6.45, 7) is 3.87. The number of methoxy groups -OCH3 is 1. The molecule has 0 unspecified atom stereocenters. The predicted molar refractivity (Wildman–Crippen MR) is 37.4 cm³/mol. The van der Waals surface area contributed by atoms with Crippen LogP contribution >= 0.6 is 12.4 Å². The van der Waals surface area contributed by atoms with Gasteiger partial charge in [0.25, 0.3) is 0 Å². The number of rotatable bonds is 2. The van der Waals surface area contributed by atoms with E-state index < -0.39 is 0 Å². The van der Waals surface area contributed by atoms with Crippen molar-refractivity contribution in [2.45, 2.75) is 26.0 Å². The summed E-state index contributed by atoms with van der Waals surface area (Å²) in [4.78, 5) is 0. The Morgan fingerprint density at radius 2 is 1.75 bits per heavy atom. The number of halogens is 1. The molecule has 8 heavy (non-hydrogen) atoms. The fourth-order valence-electron chi connectivity index (χ4n) is 0.215. The Hall–Kier alpha value is 0.210. The van der Waals surface area contributed by atoms with Crippen molar-refractivity contribution in [1.29, 1.82) is 0 Å². The summed E-state index contributed by atoms with van der Waals surface area (Å²) < 4.78 is 4.89. The van der Waals surface area contributed by atoms with Crippen LogP contribution in [-0.4, -0.2) is 19.3 Å². The largest absolute Gasteiger partial charge is 0.380 e. The molecule has 0 saturated carbocycles. The molecule has 0 radical (unpaired) electrons. The molecule has 0 aliphatic rings. The van der Waals surface area contributed by atoms with Crippen LogP contribution in [0.5, 0.6) is 0 Å². The lowest BCUT2D eigenvalue weighted by atomic mass is 10.2. The molecule has 0 aliphatic heterocycles. The highest BCUT2D eigenvalue weighted by molar-refractivity contribution is 5.85. The van der Waals surface area contributed by atoms with Crippen molar-refractivity contribution in [2.75, 3.05) is 7.11 Å². The highest BCUT2D eigenvalue weighted by Crippen LogP contribution is 1.89. The van der Waals surface area contributed by atoms with Crippen LogP contribution in [0.15, 0.2) is 0 Å².